The van der Waals surface area contributed by atoms with E-state index in [9.17, 15) is 22.8 Å². The summed E-state index contributed by atoms with van der Waals surface area (Å²) in [6.07, 6.45) is -4.21. The Kier molecular flexibility index (Phi) is 7.25. The second kappa shape index (κ2) is 7.85. The Morgan fingerprint density at radius 3 is 2.32 bits per heavy atom. The lowest BCUT2D eigenvalue weighted by Gasteiger charge is -2.15. The van der Waals surface area contributed by atoms with Crippen LogP contribution >= 0.6 is 0 Å². The van der Waals surface area contributed by atoms with Crippen molar-refractivity contribution in [2.45, 2.75) is 45.3 Å². The van der Waals surface area contributed by atoms with Crippen LogP contribution in [0.15, 0.2) is 0 Å². The average molecular weight is 285 g/mol. The van der Waals surface area contributed by atoms with E-state index in [-0.39, 0.29) is 6.04 Å². The minimum absolute atomic E-state index is 0.373. The van der Waals surface area contributed by atoms with Crippen LogP contribution in [0.4, 0.5) is 18.0 Å². The van der Waals surface area contributed by atoms with Crippen LogP contribution in [0.5, 0.6) is 0 Å². The smallest absolute Gasteiger partial charge is 0.422 e. The Bertz CT molecular complexity index is 307. The number of halogens is 3. The summed E-state index contributed by atoms with van der Waals surface area (Å²) in [6.45, 7) is 1.56. The highest BCUT2D eigenvalue weighted by Gasteiger charge is 2.29. The lowest BCUT2D eigenvalue weighted by atomic mass is 10.0. The number of carbonyl (C=O) groups is 2. The van der Waals surface area contributed by atoms with Gasteiger partial charge in [0.15, 0.2) is 6.61 Å². The zero-order valence-corrected chi connectivity index (χ0v) is 10.8. The first kappa shape index (κ1) is 17.5. The van der Waals surface area contributed by atoms with Gasteiger partial charge in [0.25, 0.3) is 0 Å². The van der Waals surface area contributed by atoms with E-state index in [1.165, 1.54) is 0 Å². The van der Waals surface area contributed by atoms with Gasteiger partial charge in [-0.05, 0) is 19.8 Å². The summed E-state index contributed by atoms with van der Waals surface area (Å²) >= 11 is 0. The van der Waals surface area contributed by atoms with Gasteiger partial charge in [0, 0.05) is 6.04 Å². The number of carboxylic acids is 1. The topological polar surface area (TPSA) is 75.6 Å². The molecule has 0 saturated carbocycles. The van der Waals surface area contributed by atoms with Crippen molar-refractivity contribution < 1.29 is 32.6 Å². The molecule has 2 unspecified atom stereocenters. The van der Waals surface area contributed by atoms with Crippen molar-refractivity contribution in [3.8, 4) is 0 Å². The third-order valence-electron chi connectivity index (χ3n) is 2.43. The molecule has 5 nitrogen and oxygen atoms in total. The molecule has 8 heteroatoms. The number of rotatable bonds is 7. The van der Waals surface area contributed by atoms with Crippen molar-refractivity contribution >= 4 is 12.1 Å². The molecule has 2 atom stereocenters. The number of amides is 1. The van der Waals surface area contributed by atoms with Gasteiger partial charge in [0.1, 0.15) is 0 Å². The normalized spacial score (nSPS) is 14.6. The summed E-state index contributed by atoms with van der Waals surface area (Å²) in [5, 5.41) is 10.9. The molecule has 0 saturated heterocycles. The third-order valence-corrected chi connectivity index (χ3v) is 2.43. The number of ether oxygens (including phenoxy) is 1. The minimum atomic E-state index is -4.54. The van der Waals surface area contributed by atoms with Gasteiger partial charge in [-0.25, -0.2) is 4.79 Å². The summed E-state index contributed by atoms with van der Waals surface area (Å²) in [5.41, 5.74) is 0. The SMILES string of the molecule is CC(CCCC(C)C(=O)O)NC(=O)OCC(F)(F)F. The zero-order chi connectivity index (χ0) is 15.1. The van der Waals surface area contributed by atoms with E-state index in [0.29, 0.717) is 19.3 Å². The van der Waals surface area contributed by atoms with Crippen molar-refractivity contribution in [1.29, 1.82) is 0 Å². The standard InChI is InChI=1S/C11H18F3NO4/c1-7(9(16)17)4-3-5-8(2)15-10(18)19-6-11(12,13)14/h7-8H,3-6H2,1-2H3,(H,15,18)(H,16,17). The largest absolute Gasteiger partial charge is 0.481 e. The van der Waals surface area contributed by atoms with E-state index in [2.05, 4.69) is 10.1 Å². The summed E-state index contributed by atoms with van der Waals surface area (Å²) in [5.74, 6) is -1.38. The van der Waals surface area contributed by atoms with Gasteiger partial charge in [-0.1, -0.05) is 13.3 Å². The van der Waals surface area contributed by atoms with Crippen LogP contribution in [0.1, 0.15) is 33.1 Å². The van der Waals surface area contributed by atoms with Gasteiger partial charge in [0.2, 0.25) is 0 Å². The van der Waals surface area contributed by atoms with Crippen molar-refractivity contribution in [2.24, 2.45) is 5.92 Å². The molecule has 19 heavy (non-hydrogen) atoms. The number of aliphatic carboxylic acids is 1. The molecule has 0 heterocycles. The van der Waals surface area contributed by atoms with Crippen LogP contribution < -0.4 is 5.32 Å². The lowest BCUT2D eigenvalue weighted by Crippen LogP contribution is -2.35. The fourth-order valence-corrected chi connectivity index (χ4v) is 1.32. The monoisotopic (exact) mass is 285 g/mol. The van der Waals surface area contributed by atoms with Gasteiger partial charge < -0.3 is 15.2 Å². The van der Waals surface area contributed by atoms with Gasteiger partial charge in [0.05, 0.1) is 5.92 Å². The highest BCUT2D eigenvalue weighted by molar-refractivity contribution is 5.69. The first-order valence-corrected chi connectivity index (χ1v) is 5.84. The van der Waals surface area contributed by atoms with Gasteiger partial charge in [-0.2, -0.15) is 13.2 Å². The Labute approximate surface area is 109 Å². The number of hydrogen-bond acceptors (Lipinski definition) is 3. The van der Waals surface area contributed by atoms with Crippen LogP contribution in [0.25, 0.3) is 0 Å². The zero-order valence-electron chi connectivity index (χ0n) is 10.8. The molecule has 112 valence electrons. The summed E-state index contributed by atoms with van der Waals surface area (Å²) in [7, 11) is 0. The summed E-state index contributed by atoms with van der Waals surface area (Å²) in [4.78, 5) is 21.5. The number of carbonyl (C=O) groups excluding carboxylic acids is 1. The van der Waals surface area contributed by atoms with E-state index in [0.717, 1.165) is 0 Å². The highest BCUT2D eigenvalue weighted by atomic mass is 19.4. The van der Waals surface area contributed by atoms with Crippen LogP contribution in [0, 0.1) is 5.92 Å². The molecule has 0 bridgehead atoms. The quantitative estimate of drug-likeness (QED) is 0.753. The van der Waals surface area contributed by atoms with Crippen LogP contribution in [-0.4, -0.2) is 36.0 Å². The molecule has 0 radical (unpaired) electrons. The maximum absolute atomic E-state index is 11.8. The molecule has 0 aliphatic rings. The fraction of sp³-hybridized carbons (Fsp3) is 0.818. The number of carboxylic acid groups (broad SMARTS) is 1. The molecular weight excluding hydrogens is 267 g/mol. The van der Waals surface area contributed by atoms with Crippen LogP contribution in [-0.2, 0) is 9.53 Å². The first-order valence-electron chi connectivity index (χ1n) is 5.84. The maximum Gasteiger partial charge on any atom is 0.422 e. The van der Waals surface area contributed by atoms with E-state index in [1.54, 1.807) is 13.8 Å². The van der Waals surface area contributed by atoms with Crippen molar-refractivity contribution in [2.75, 3.05) is 6.61 Å². The highest BCUT2D eigenvalue weighted by Crippen LogP contribution is 2.14. The molecule has 0 spiro atoms. The Balaban J connectivity index is 3.77. The van der Waals surface area contributed by atoms with Gasteiger partial charge in [-0.3, -0.25) is 4.79 Å². The molecule has 0 aromatic carbocycles. The van der Waals surface area contributed by atoms with E-state index >= 15 is 0 Å². The predicted molar refractivity (Wildman–Crippen MR) is 60.7 cm³/mol. The summed E-state index contributed by atoms with van der Waals surface area (Å²) in [6, 6.07) is -0.373. The Hall–Kier alpha value is -1.47. The number of hydrogen-bond donors (Lipinski definition) is 2. The van der Waals surface area contributed by atoms with Crippen LogP contribution in [0.3, 0.4) is 0 Å². The second-order valence-electron chi connectivity index (χ2n) is 4.41. The van der Waals surface area contributed by atoms with Gasteiger partial charge >= 0.3 is 18.2 Å². The van der Waals surface area contributed by atoms with E-state index in [1.807, 2.05) is 0 Å². The first-order chi connectivity index (χ1) is 8.61. The van der Waals surface area contributed by atoms with Gasteiger partial charge in [-0.15, -0.1) is 0 Å². The Morgan fingerprint density at radius 2 is 1.84 bits per heavy atom. The lowest BCUT2D eigenvalue weighted by molar-refractivity contribution is -0.160. The molecule has 0 aromatic heterocycles. The molecule has 0 fully saturated rings. The number of nitrogens with one attached hydrogen (secondary N) is 1. The number of alkyl halides is 3. The second-order valence-corrected chi connectivity index (χ2v) is 4.41. The third kappa shape index (κ3) is 10.2. The fourth-order valence-electron chi connectivity index (χ4n) is 1.32. The van der Waals surface area contributed by atoms with Crippen molar-refractivity contribution in [3.63, 3.8) is 0 Å². The maximum atomic E-state index is 11.8. The molecule has 2 N–H and O–H groups in total. The molecule has 1 amide bonds. The minimum Gasteiger partial charge on any atom is -0.481 e. The molecule has 0 rings (SSSR count). The van der Waals surface area contributed by atoms with Crippen LogP contribution in [0.2, 0.25) is 0 Å². The molecule has 0 aliphatic carbocycles. The molecular formula is C11H18F3NO4. The van der Waals surface area contributed by atoms with E-state index < -0.39 is 30.8 Å². The van der Waals surface area contributed by atoms with Crippen molar-refractivity contribution in [1.82, 2.24) is 5.32 Å². The predicted octanol–water partition coefficient (Wildman–Crippen LogP) is 2.55. The van der Waals surface area contributed by atoms with E-state index in [4.69, 9.17) is 5.11 Å². The van der Waals surface area contributed by atoms with Crippen molar-refractivity contribution in [3.05, 3.63) is 0 Å². The number of alkyl carbamates (subject to hydrolysis) is 1. The molecule has 0 aromatic rings. The summed E-state index contributed by atoms with van der Waals surface area (Å²) < 4.78 is 39.3. The average Bonchev–Trinajstić information content (AvgIpc) is 2.25. The molecule has 0 aliphatic heterocycles. The Morgan fingerprint density at radius 1 is 1.26 bits per heavy atom.